The van der Waals surface area contributed by atoms with Crippen molar-refractivity contribution < 1.29 is 9.47 Å². The molecule has 1 aliphatic heterocycles. The highest BCUT2D eigenvalue weighted by molar-refractivity contribution is 4.64. The highest BCUT2D eigenvalue weighted by Crippen LogP contribution is 2.10. The molecule has 1 aliphatic rings. The third kappa shape index (κ3) is 2.67. The zero-order chi connectivity index (χ0) is 7.23. The van der Waals surface area contributed by atoms with Gasteiger partial charge in [0.1, 0.15) is 0 Å². The van der Waals surface area contributed by atoms with Gasteiger partial charge in [-0.1, -0.05) is 6.92 Å². The maximum absolute atomic E-state index is 5.50. The minimum Gasteiger partial charge on any atom is -0.381 e. The summed E-state index contributed by atoms with van der Waals surface area (Å²) in [6.45, 7) is 4.53. The van der Waals surface area contributed by atoms with Crippen LogP contribution in [0.25, 0.3) is 0 Å². The lowest BCUT2D eigenvalue weighted by molar-refractivity contribution is -0.0248. The molecule has 0 bridgehead atoms. The van der Waals surface area contributed by atoms with E-state index in [4.69, 9.17) is 9.47 Å². The van der Waals surface area contributed by atoms with E-state index in [0.29, 0.717) is 6.10 Å². The highest BCUT2D eigenvalue weighted by Gasteiger charge is 2.12. The van der Waals surface area contributed by atoms with Crippen LogP contribution in [0.1, 0.15) is 19.8 Å². The molecule has 0 aromatic heterocycles. The van der Waals surface area contributed by atoms with Gasteiger partial charge in [-0.15, -0.1) is 0 Å². The molecule has 0 aliphatic carbocycles. The first kappa shape index (κ1) is 8.02. The van der Waals surface area contributed by atoms with Gasteiger partial charge in [-0.2, -0.15) is 0 Å². The van der Waals surface area contributed by atoms with Crippen LogP contribution in [-0.4, -0.2) is 25.9 Å². The van der Waals surface area contributed by atoms with Crippen LogP contribution in [0, 0.1) is 6.42 Å². The molecule has 0 atom stereocenters. The van der Waals surface area contributed by atoms with Crippen molar-refractivity contribution in [3.8, 4) is 0 Å². The van der Waals surface area contributed by atoms with E-state index in [1.807, 2.05) is 13.3 Å². The van der Waals surface area contributed by atoms with Crippen molar-refractivity contribution in [2.24, 2.45) is 0 Å². The number of rotatable bonds is 3. The highest BCUT2D eigenvalue weighted by atomic mass is 16.5. The van der Waals surface area contributed by atoms with Crippen LogP contribution < -0.4 is 0 Å². The van der Waals surface area contributed by atoms with Crippen LogP contribution in [0.5, 0.6) is 0 Å². The van der Waals surface area contributed by atoms with Gasteiger partial charge < -0.3 is 9.47 Å². The summed E-state index contributed by atoms with van der Waals surface area (Å²) < 4.78 is 10.7. The average molecular weight is 143 g/mol. The predicted octanol–water partition coefficient (Wildman–Crippen LogP) is 1.41. The zero-order valence-electron chi connectivity index (χ0n) is 6.51. The molecule has 1 fully saturated rings. The molecule has 10 heavy (non-hydrogen) atoms. The van der Waals surface area contributed by atoms with Gasteiger partial charge in [0, 0.05) is 19.8 Å². The number of hydrogen-bond donors (Lipinski definition) is 0. The van der Waals surface area contributed by atoms with E-state index < -0.39 is 0 Å². The van der Waals surface area contributed by atoms with Crippen molar-refractivity contribution >= 4 is 0 Å². The molecule has 59 valence electrons. The smallest absolute Gasteiger partial charge is 0.0619 e. The van der Waals surface area contributed by atoms with Crippen LogP contribution in [0.4, 0.5) is 0 Å². The Morgan fingerprint density at radius 2 is 2.20 bits per heavy atom. The van der Waals surface area contributed by atoms with Gasteiger partial charge in [0.15, 0.2) is 0 Å². The third-order valence-electron chi connectivity index (χ3n) is 1.67. The maximum Gasteiger partial charge on any atom is 0.0619 e. The van der Waals surface area contributed by atoms with Gasteiger partial charge in [-0.3, -0.25) is 0 Å². The zero-order valence-corrected chi connectivity index (χ0v) is 6.51. The van der Waals surface area contributed by atoms with Crippen LogP contribution in [0.2, 0.25) is 0 Å². The van der Waals surface area contributed by atoms with E-state index >= 15 is 0 Å². The van der Waals surface area contributed by atoms with Crippen molar-refractivity contribution in [1.29, 1.82) is 0 Å². The van der Waals surface area contributed by atoms with E-state index in [1.54, 1.807) is 0 Å². The molecular weight excluding hydrogens is 128 g/mol. The molecule has 0 saturated carbocycles. The van der Waals surface area contributed by atoms with Crippen LogP contribution in [0.15, 0.2) is 0 Å². The number of hydrogen-bond acceptors (Lipinski definition) is 2. The second kappa shape index (κ2) is 4.69. The quantitative estimate of drug-likeness (QED) is 0.594. The molecule has 1 rings (SSSR count). The van der Waals surface area contributed by atoms with Crippen molar-refractivity contribution in [3.05, 3.63) is 6.42 Å². The first-order valence-corrected chi connectivity index (χ1v) is 3.90. The molecule has 1 saturated heterocycles. The molecule has 0 amide bonds. The van der Waals surface area contributed by atoms with Gasteiger partial charge in [-0.05, 0) is 19.3 Å². The standard InChI is InChI=1S/C8H15O2/c1-2-5-10-8-3-6-9-7-4-8/h2,8H,3-7H2,1H3. The summed E-state index contributed by atoms with van der Waals surface area (Å²) in [6, 6.07) is 0. The predicted molar refractivity (Wildman–Crippen MR) is 39.8 cm³/mol. The van der Waals surface area contributed by atoms with Crippen molar-refractivity contribution in [1.82, 2.24) is 0 Å². The molecule has 0 aromatic carbocycles. The average Bonchev–Trinajstić information content (AvgIpc) is 2.03. The summed E-state index contributed by atoms with van der Waals surface area (Å²) in [5.74, 6) is 0. The monoisotopic (exact) mass is 143 g/mol. The van der Waals surface area contributed by atoms with Gasteiger partial charge in [0.2, 0.25) is 0 Å². The maximum atomic E-state index is 5.50. The van der Waals surface area contributed by atoms with E-state index in [9.17, 15) is 0 Å². The minimum atomic E-state index is 0.449. The Morgan fingerprint density at radius 1 is 1.50 bits per heavy atom. The summed E-state index contributed by atoms with van der Waals surface area (Å²) in [6.07, 6.45) is 4.61. The van der Waals surface area contributed by atoms with Crippen LogP contribution >= 0.6 is 0 Å². The third-order valence-corrected chi connectivity index (χ3v) is 1.67. The molecule has 2 nitrogen and oxygen atoms in total. The first-order valence-electron chi connectivity index (χ1n) is 3.90. The van der Waals surface area contributed by atoms with Crippen LogP contribution in [0.3, 0.4) is 0 Å². The minimum absolute atomic E-state index is 0.449. The first-order chi connectivity index (χ1) is 4.93. The van der Waals surface area contributed by atoms with Gasteiger partial charge in [0.05, 0.1) is 6.10 Å². The fourth-order valence-electron chi connectivity index (χ4n) is 1.07. The summed E-state index contributed by atoms with van der Waals surface area (Å²) in [5.41, 5.74) is 0. The SMILES string of the molecule is C[CH]COC1CCOCC1. The summed E-state index contributed by atoms with van der Waals surface area (Å²) in [5, 5.41) is 0. The molecule has 0 unspecified atom stereocenters. The summed E-state index contributed by atoms with van der Waals surface area (Å²) in [4.78, 5) is 0. The Hall–Kier alpha value is -0.0800. The lowest BCUT2D eigenvalue weighted by atomic mass is 10.1. The molecule has 1 heterocycles. The van der Waals surface area contributed by atoms with Crippen molar-refractivity contribution in [2.45, 2.75) is 25.9 Å². The van der Waals surface area contributed by atoms with Gasteiger partial charge in [0.25, 0.3) is 0 Å². The molecular formula is C8H15O2. The van der Waals surface area contributed by atoms with Crippen LogP contribution in [-0.2, 0) is 9.47 Å². The fourth-order valence-corrected chi connectivity index (χ4v) is 1.07. The van der Waals surface area contributed by atoms with E-state index in [2.05, 4.69) is 0 Å². The molecule has 0 aromatic rings. The van der Waals surface area contributed by atoms with Gasteiger partial charge in [-0.25, -0.2) is 0 Å². The molecule has 2 heteroatoms. The summed E-state index contributed by atoms with van der Waals surface area (Å²) in [7, 11) is 0. The Labute approximate surface area is 62.5 Å². The Bertz CT molecular complexity index is 77.3. The lowest BCUT2D eigenvalue weighted by Gasteiger charge is -2.21. The van der Waals surface area contributed by atoms with E-state index in [-0.39, 0.29) is 0 Å². The molecule has 0 spiro atoms. The second-order valence-electron chi connectivity index (χ2n) is 2.55. The Kier molecular flexibility index (Phi) is 3.76. The normalized spacial score (nSPS) is 21.3. The lowest BCUT2D eigenvalue weighted by Crippen LogP contribution is -2.23. The van der Waals surface area contributed by atoms with Crippen molar-refractivity contribution in [3.63, 3.8) is 0 Å². The number of ether oxygens (including phenoxy) is 2. The second-order valence-corrected chi connectivity index (χ2v) is 2.55. The topological polar surface area (TPSA) is 18.5 Å². The van der Waals surface area contributed by atoms with Gasteiger partial charge >= 0.3 is 0 Å². The Morgan fingerprint density at radius 3 is 2.80 bits per heavy atom. The van der Waals surface area contributed by atoms with Crippen molar-refractivity contribution in [2.75, 3.05) is 19.8 Å². The molecule has 0 N–H and O–H groups in total. The molecule has 1 radical (unpaired) electrons. The van der Waals surface area contributed by atoms with E-state index in [1.165, 1.54) is 0 Å². The fraction of sp³-hybridized carbons (Fsp3) is 0.875. The summed E-state index contributed by atoms with van der Waals surface area (Å²) >= 11 is 0. The Balaban J connectivity index is 2.02. The van der Waals surface area contributed by atoms with E-state index in [0.717, 1.165) is 32.7 Å². The largest absolute Gasteiger partial charge is 0.381 e.